The molecule has 0 amide bonds. The van der Waals surface area contributed by atoms with E-state index in [-0.39, 0.29) is 29.1 Å². The largest absolute Gasteiger partial charge is 0.299 e. The van der Waals surface area contributed by atoms with E-state index in [1.165, 1.54) is 0 Å². The first kappa shape index (κ1) is 12.7. The molecule has 2 atom stereocenters. The molecule has 1 fully saturated rings. The second-order valence-electron chi connectivity index (χ2n) is 4.73. The Morgan fingerprint density at radius 3 is 2.94 bits per heavy atom. The zero-order valence-corrected chi connectivity index (χ0v) is 10.1. The molecule has 1 aromatic heterocycles. The molecule has 1 aromatic rings. The van der Waals surface area contributed by atoms with Gasteiger partial charge in [0.05, 0.1) is 5.92 Å². The first-order valence-electron chi connectivity index (χ1n) is 6.23. The number of nitro groups is 1. The molecular weight excluding hydrogens is 232 g/mol. The van der Waals surface area contributed by atoms with Crippen LogP contribution in [-0.4, -0.2) is 22.2 Å². The minimum absolute atomic E-state index is 0.164. The predicted molar refractivity (Wildman–Crippen MR) is 65.8 cm³/mol. The van der Waals surface area contributed by atoms with Gasteiger partial charge in [0.15, 0.2) is 0 Å². The van der Waals surface area contributed by atoms with Gasteiger partial charge in [-0.15, -0.1) is 0 Å². The minimum atomic E-state index is -0.334. The third kappa shape index (κ3) is 2.91. The molecule has 2 rings (SSSR count). The minimum Gasteiger partial charge on any atom is -0.299 e. The number of aromatic nitrogens is 1. The maximum absolute atomic E-state index is 11.9. The number of ketones is 1. The lowest BCUT2D eigenvalue weighted by Gasteiger charge is -2.26. The van der Waals surface area contributed by atoms with E-state index < -0.39 is 0 Å². The van der Waals surface area contributed by atoms with Crippen molar-refractivity contribution < 1.29 is 9.72 Å². The number of hydrogen-bond acceptors (Lipinski definition) is 4. The van der Waals surface area contributed by atoms with E-state index in [4.69, 9.17) is 0 Å². The summed E-state index contributed by atoms with van der Waals surface area (Å²) >= 11 is 0. The summed E-state index contributed by atoms with van der Waals surface area (Å²) < 4.78 is 0. The summed E-state index contributed by atoms with van der Waals surface area (Å²) in [6, 6.07) is 3.58. The van der Waals surface area contributed by atoms with E-state index in [2.05, 4.69) is 4.98 Å². The van der Waals surface area contributed by atoms with Crippen LogP contribution in [-0.2, 0) is 4.79 Å². The molecule has 1 saturated carbocycles. The maximum Gasteiger partial charge on any atom is 0.211 e. The Bertz CT molecular complexity index is 433. The summed E-state index contributed by atoms with van der Waals surface area (Å²) in [5.74, 6) is -0.383. The van der Waals surface area contributed by atoms with Crippen molar-refractivity contribution in [1.82, 2.24) is 4.98 Å². The lowest BCUT2D eigenvalue weighted by molar-refractivity contribution is -0.484. The summed E-state index contributed by atoms with van der Waals surface area (Å²) in [5.41, 5.74) is 0.800. The molecular formula is C13H16N2O3. The molecule has 1 aliphatic rings. The zero-order valence-electron chi connectivity index (χ0n) is 10.1. The van der Waals surface area contributed by atoms with Gasteiger partial charge in [0.25, 0.3) is 0 Å². The van der Waals surface area contributed by atoms with Gasteiger partial charge in [0.1, 0.15) is 5.78 Å². The highest BCUT2D eigenvalue weighted by molar-refractivity contribution is 5.82. The summed E-state index contributed by atoms with van der Waals surface area (Å²) in [5, 5.41) is 10.8. The summed E-state index contributed by atoms with van der Waals surface area (Å²) in [7, 11) is 0. The molecule has 5 nitrogen and oxygen atoms in total. The molecule has 0 aliphatic heterocycles. The van der Waals surface area contributed by atoms with Crippen LogP contribution in [0.4, 0.5) is 0 Å². The van der Waals surface area contributed by atoms with Gasteiger partial charge in [-0.2, -0.15) is 0 Å². The number of carbonyl (C=O) groups is 1. The molecule has 96 valence electrons. The quantitative estimate of drug-likeness (QED) is 0.604. The van der Waals surface area contributed by atoms with Crippen molar-refractivity contribution in [2.75, 3.05) is 6.54 Å². The van der Waals surface area contributed by atoms with E-state index in [0.717, 1.165) is 24.8 Å². The number of Topliss-reactive ketones (excluding diaryl/α,β-unsaturated/α-hetero) is 1. The SMILES string of the molecule is O=C1CCCC[C@@H]1[C@H](C[N+](=O)[O-])c1cccnc1. The maximum atomic E-state index is 11.9. The van der Waals surface area contributed by atoms with Crippen molar-refractivity contribution in [3.8, 4) is 0 Å². The number of carbonyl (C=O) groups excluding carboxylic acids is 1. The number of rotatable bonds is 4. The highest BCUT2D eigenvalue weighted by atomic mass is 16.6. The summed E-state index contributed by atoms with van der Waals surface area (Å²) in [4.78, 5) is 26.4. The summed E-state index contributed by atoms with van der Waals surface area (Å²) in [6.45, 7) is -0.192. The Labute approximate surface area is 105 Å². The Hall–Kier alpha value is -1.78. The average Bonchev–Trinajstić information content (AvgIpc) is 2.38. The standard InChI is InChI=1S/C13H16N2O3/c16-13-6-2-1-5-11(13)12(9-15(17)18)10-4-3-7-14-8-10/h3-4,7-8,11-12H,1-2,5-6,9H2/t11-,12-/m1/s1. The van der Waals surface area contributed by atoms with Crippen LogP contribution in [0, 0.1) is 16.0 Å². The van der Waals surface area contributed by atoms with E-state index in [1.54, 1.807) is 18.5 Å². The Balaban J connectivity index is 2.24. The lowest BCUT2D eigenvalue weighted by Crippen LogP contribution is -2.30. The van der Waals surface area contributed by atoms with Gasteiger partial charge in [-0.1, -0.05) is 12.5 Å². The van der Waals surface area contributed by atoms with Crippen molar-refractivity contribution in [3.63, 3.8) is 0 Å². The first-order chi connectivity index (χ1) is 8.68. The molecule has 0 bridgehead atoms. The normalized spacial score (nSPS) is 21.6. The van der Waals surface area contributed by atoms with Gasteiger partial charge in [-0.25, -0.2) is 0 Å². The highest BCUT2D eigenvalue weighted by Crippen LogP contribution is 2.33. The van der Waals surface area contributed by atoms with Gasteiger partial charge >= 0.3 is 0 Å². The fourth-order valence-electron chi connectivity index (χ4n) is 2.66. The van der Waals surface area contributed by atoms with Crippen LogP contribution in [0.25, 0.3) is 0 Å². The molecule has 0 N–H and O–H groups in total. The Morgan fingerprint density at radius 2 is 2.33 bits per heavy atom. The van der Waals surface area contributed by atoms with E-state index in [1.807, 2.05) is 6.07 Å². The molecule has 0 spiro atoms. The molecule has 0 unspecified atom stereocenters. The van der Waals surface area contributed by atoms with Crippen molar-refractivity contribution in [1.29, 1.82) is 0 Å². The Kier molecular flexibility index (Phi) is 4.02. The van der Waals surface area contributed by atoms with Gasteiger partial charge < -0.3 is 0 Å². The van der Waals surface area contributed by atoms with Crippen LogP contribution in [0.1, 0.15) is 37.2 Å². The molecule has 1 heterocycles. The predicted octanol–water partition coefficient (Wildman–Crippen LogP) is 2.20. The fraction of sp³-hybridized carbons (Fsp3) is 0.538. The van der Waals surface area contributed by atoms with E-state index in [0.29, 0.717) is 6.42 Å². The van der Waals surface area contributed by atoms with Crippen molar-refractivity contribution in [2.45, 2.75) is 31.6 Å². The van der Waals surface area contributed by atoms with Crippen LogP contribution < -0.4 is 0 Å². The first-order valence-corrected chi connectivity index (χ1v) is 6.23. The van der Waals surface area contributed by atoms with Gasteiger partial charge in [0, 0.05) is 29.7 Å². The van der Waals surface area contributed by atoms with E-state index >= 15 is 0 Å². The third-order valence-corrected chi connectivity index (χ3v) is 3.55. The lowest BCUT2D eigenvalue weighted by atomic mass is 9.76. The number of pyridine rings is 1. The second kappa shape index (κ2) is 5.71. The van der Waals surface area contributed by atoms with Gasteiger partial charge in [-0.3, -0.25) is 19.9 Å². The zero-order chi connectivity index (χ0) is 13.0. The van der Waals surface area contributed by atoms with Crippen molar-refractivity contribution in [2.24, 2.45) is 5.92 Å². The third-order valence-electron chi connectivity index (χ3n) is 3.55. The average molecular weight is 248 g/mol. The molecule has 18 heavy (non-hydrogen) atoms. The number of hydrogen-bond donors (Lipinski definition) is 0. The van der Waals surface area contributed by atoms with Crippen LogP contribution in [0.15, 0.2) is 24.5 Å². The van der Waals surface area contributed by atoms with Gasteiger partial charge in [-0.05, 0) is 24.5 Å². The van der Waals surface area contributed by atoms with Crippen molar-refractivity contribution >= 4 is 5.78 Å². The van der Waals surface area contributed by atoms with Gasteiger partial charge in [0.2, 0.25) is 6.54 Å². The smallest absolute Gasteiger partial charge is 0.211 e. The van der Waals surface area contributed by atoms with E-state index in [9.17, 15) is 14.9 Å². The monoisotopic (exact) mass is 248 g/mol. The molecule has 0 radical (unpaired) electrons. The molecule has 5 heteroatoms. The second-order valence-corrected chi connectivity index (χ2v) is 4.73. The molecule has 1 aliphatic carbocycles. The fourth-order valence-corrected chi connectivity index (χ4v) is 2.66. The summed E-state index contributed by atoms with van der Waals surface area (Å²) in [6.07, 6.45) is 6.47. The van der Waals surface area contributed by atoms with Crippen LogP contribution >= 0.6 is 0 Å². The molecule has 0 aromatic carbocycles. The van der Waals surface area contributed by atoms with Crippen LogP contribution in [0.3, 0.4) is 0 Å². The topological polar surface area (TPSA) is 73.1 Å². The van der Waals surface area contributed by atoms with Crippen molar-refractivity contribution in [3.05, 3.63) is 40.2 Å². The Morgan fingerprint density at radius 1 is 1.50 bits per heavy atom. The van der Waals surface area contributed by atoms with Crippen LogP contribution in [0.2, 0.25) is 0 Å². The highest BCUT2D eigenvalue weighted by Gasteiger charge is 2.34. The number of nitrogens with zero attached hydrogens (tertiary/aromatic N) is 2. The van der Waals surface area contributed by atoms with Crippen LogP contribution in [0.5, 0.6) is 0 Å². The molecule has 0 saturated heterocycles.